The van der Waals surface area contributed by atoms with Crippen molar-refractivity contribution in [1.29, 1.82) is 0 Å². The van der Waals surface area contributed by atoms with Crippen molar-refractivity contribution in [3.63, 3.8) is 0 Å². The largest absolute Gasteiger partial charge is 0.400 e. The first-order valence-electron chi connectivity index (χ1n) is 1.97. The van der Waals surface area contributed by atoms with Crippen LogP contribution in [0.4, 0.5) is 0 Å². The molecule has 0 saturated carbocycles. The van der Waals surface area contributed by atoms with Gasteiger partial charge in [0.2, 0.25) is 0 Å². The third-order valence-electron chi connectivity index (χ3n) is 0.224. The molecule has 0 bridgehead atoms. The first kappa shape index (κ1) is 23.7. The predicted molar refractivity (Wildman–Crippen MR) is 31.9 cm³/mol. The monoisotopic (exact) mass is 165 g/mol. The summed E-state index contributed by atoms with van der Waals surface area (Å²) in [5, 5.41) is 14.9. The molecule has 0 atom stereocenters. The predicted octanol–water partition coefficient (Wildman–Crippen LogP) is 0.445. The molecule has 0 aliphatic heterocycles. The second-order valence-electron chi connectivity index (χ2n) is 0.724. The van der Waals surface area contributed by atoms with Crippen LogP contribution in [0.25, 0.3) is 0 Å². The molecule has 2 nitrogen and oxygen atoms in total. The molecule has 0 fully saturated rings. The SMILES string of the molecule is CCCO.CO.[CH3-].[Ni]. The second-order valence-corrected chi connectivity index (χ2v) is 0.724. The van der Waals surface area contributed by atoms with E-state index in [4.69, 9.17) is 10.2 Å². The Kier molecular flexibility index (Phi) is 155. The standard InChI is InChI=1S/C3H8O.CH4O.CH3.Ni/c1-2-3-4;1-2;;/h4H,2-3H2,1H3;2H,1H3;1H3;/q;;-1;. The smallest absolute Gasteiger partial charge is 0.0428 e. The van der Waals surface area contributed by atoms with Gasteiger partial charge < -0.3 is 17.6 Å². The molecule has 0 aliphatic carbocycles. The van der Waals surface area contributed by atoms with Crippen LogP contribution in [-0.4, -0.2) is 23.9 Å². The van der Waals surface area contributed by atoms with Gasteiger partial charge in [0.25, 0.3) is 0 Å². The minimum absolute atomic E-state index is 0. The van der Waals surface area contributed by atoms with Gasteiger partial charge in [0.05, 0.1) is 0 Å². The van der Waals surface area contributed by atoms with Gasteiger partial charge in [0, 0.05) is 30.2 Å². The molecule has 0 aliphatic rings. The first-order chi connectivity index (χ1) is 2.91. The molecule has 0 rings (SSSR count). The Hall–Kier alpha value is 0.414. The molecule has 0 heterocycles. The Morgan fingerprint density at radius 3 is 1.38 bits per heavy atom. The van der Waals surface area contributed by atoms with Crippen molar-refractivity contribution >= 4 is 0 Å². The van der Waals surface area contributed by atoms with E-state index in [0.717, 1.165) is 13.5 Å². The number of hydrogen-bond acceptors (Lipinski definition) is 2. The maximum Gasteiger partial charge on any atom is 0.0428 e. The van der Waals surface area contributed by atoms with Crippen LogP contribution in [0, 0.1) is 7.43 Å². The molecule has 0 radical (unpaired) electrons. The maximum atomic E-state index is 7.88. The minimum Gasteiger partial charge on any atom is -0.400 e. The van der Waals surface area contributed by atoms with Gasteiger partial charge in [0.1, 0.15) is 0 Å². The van der Waals surface area contributed by atoms with Crippen LogP contribution >= 0.6 is 0 Å². The van der Waals surface area contributed by atoms with E-state index in [1.165, 1.54) is 0 Å². The minimum atomic E-state index is 0. The maximum absolute atomic E-state index is 7.88. The van der Waals surface area contributed by atoms with Gasteiger partial charge in [-0.25, -0.2) is 0 Å². The summed E-state index contributed by atoms with van der Waals surface area (Å²) in [5.41, 5.74) is 0. The number of hydrogen-bond donors (Lipinski definition) is 2. The van der Waals surface area contributed by atoms with E-state index in [1.54, 1.807) is 0 Å². The zero-order chi connectivity index (χ0) is 5.41. The number of aliphatic hydroxyl groups is 2. The molecule has 0 aromatic rings. The van der Waals surface area contributed by atoms with Crippen LogP contribution in [0.15, 0.2) is 0 Å². The Bertz CT molecular complexity index is 12.4. The number of rotatable bonds is 1. The van der Waals surface area contributed by atoms with E-state index < -0.39 is 0 Å². The van der Waals surface area contributed by atoms with Crippen LogP contribution in [-0.2, 0) is 16.5 Å². The molecular formula is C5H15NiO2-. The van der Waals surface area contributed by atoms with Crippen molar-refractivity contribution in [2.45, 2.75) is 13.3 Å². The van der Waals surface area contributed by atoms with Crippen molar-refractivity contribution in [1.82, 2.24) is 0 Å². The van der Waals surface area contributed by atoms with Gasteiger partial charge >= 0.3 is 0 Å². The van der Waals surface area contributed by atoms with E-state index in [1.807, 2.05) is 6.92 Å². The van der Waals surface area contributed by atoms with Crippen LogP contribution in [0.2, 0.25) is 0 Å². The van der Waals surface area contributed by atoms with Crippen LogP contribution < -0.4 is 0 Å². The zero-order valence-electron chi connectivity index (χ0n) is 5.62. The summed E-state index contributed by atoms with van der Waals surface area (Å²) in [6.07, 6.45) is 0.875. The Balaban J connectivity index is -0.0000000183. The summed E-state index contributed by atoms with van der Waals surface area (Å²) in [6.45, 7) is 2.25. The normalized spacial score (nSPS) is 4.50. The average molecular weight is 166 g/mol. The molecule has 0 aromatic heterocycles. The fourth-order valence-corrected chi connectivity index (χ4v) is 0. The quantitative estimate of drug-likeness (QED) is 0.438. The molecule has 0 spiro atoms. The van der Waals surface area contributed by atoms with E-state index in [0.29, 0.717) is 6.61 Å². The van der Waals surface area contributed by atoms with E-state index >= 15 is 0 Å². The third-order valence-corrected chi connectivity index (χ3v) is 0.224. The van der Waals surface area contributed by atoms with Crippen LogP contribution in [0.5, 0.6) is 0 Å². The zero-order valence-corrected chi connectivity index (χ0v) is 6.61. The van der Waals surface area contributed by atoms with Gasteiger partial charge in [-0.1, -0.05) is 6.92 Å². The molecular weight excluding hydrogens is 151 g/mol. The van der Waals surface area contributed by atoms with E-state index in [9.17, 15) is 0 Å². The summed E-state index contributed by atoms with van der Waals surface area (Å²) >= 11 is 0. The number of aliphatic hydroxyl groups excluding tert-OH is 2. The second kappa shape index (κ2) is 52.4. The van der Waals surface area contributed by atoms with Gasteiger partial charge in [-0.05, 0) is 6.42 Å². The Morgan fingerprint density at radius 2 is 1.38 bits per heavy atom. The molecule has 0 amide bonds. The van der Waals surface area contributed by atoms with Gasteiger partial charge in [-0.2, -0.15) is 0 Å². The topological polar surface area (TPSA) is 40.5 Å². The fourth-order valence-electron chi connectivity index (χ4n) is 0. The summed E-state index contributed by atoms with van der Waals surface area (Å²) in [4.78, 5) is 0. The first-order valence-corrected chi connectivity index (χ1v) is 1.97. The Morgan fingerprint density at radius 1 is 1.25 bits per heavy atom. The summed E-state index contributed by atoms with van der Waals surface area (Å²) in [6, 6.07) is 0. The molecule has 58 valence electrons. The molecule has 8 heavy (non-hydrogen) atoms. The van der Waals surface area contributed by atoms with Gasteiger partial charge in [-0.15, -0.1) is 0 Å². The average Bonchev–Trinajstić information content (AvgIpc) is 1.72. The molecule has 0 unspecified atom stereocenters. The van der Waals surface area contributed by atoms with Crippen molar-refractivity contribution in [2.75, 3.05) is 13.7 Å². The van der Waals surface area contributed by atoms with E-state index in [2.05, 4.69) is 0 Å². The van der Waals surface area contributed by atoms with Crippen molar-refractivity contribution in [3.8, 4) is 0 Å². The third kappa shape index (κ3) is 94.1. The summed E-state index contributed by atoms with van der Waals surface area (Å²) < 4.78 is 0. The molecule has 2 N–H and O–H groups in total. The van der Waals surface area contributed by atoms with Crippen molar-refractivity contribution in [2.24, 2.45) is 0 Å². The fraction of sp³-hybridized carbons (Fsp3) is 0.800. The van der Waals surface area contributed by atoms with Crippen molar-refractivity contribution in [3.05, 3.63) is 7.43 Å². The Labute approximate surface area is 61.8 Å². The van der Waals surface area contributed by atoms with Gasteiger partial charge in [0.15, 0.2) is 0 Å². The molecule has 0 saturated heterocycles. The molecule has 0 aromatic carbocycles. The van der Waals surface area contributed by atoms with Crippen molar-refractivity contribution < 1.29 is 26.7 Å². The molecule has 3 heteroatoms. The van der Waals surface area contributed by atoms with Crippen LogP contribution in [0.1, 0.15) is 13.3 Å². The summed E-state index contributed by atoms with van der Waals surface area (Å²) in [5.74, 6) is 0. The van der Waals surface area contributed by atoms with Crippen LogP contribution in [0.3, 0.4) is 0 Å². The van der Waals surface area contributed by atoms with E-state index in [-0.39, 0.29) is 23.9 Å². The summed E-state index contributed by atoms with van der Waals surface area (Å²) in [7, 11) is 1.00. The van der Waals surface area contributed by atoms with Gasteiger partial charge in [-0.3, -0.25) is 0 Å².